The third-order valence-electron chi connectivity index (χ3n) is 4.92. The van der Waals surface area contributed by atoms with E-state index in [0.29, 0.717) is 26.0 Å². The van der Waals surface area contributed by atoms with Gasteiger partial charge in [0.25, 0.3) is 0 Å². The molecule has 0 bridgehead atoms. The molecule has 11 heteroatoms. The summed E-state index contributed by atoms with van der Waals surface area (Å²) in [7, 11) is 0. The lowest BCUT2D eigenvalue weighted by molar-refractivity contribution is -0.138. The molecule has 1 aliphatic rings. The summed E-state index contributed by atoms with van der Waals surface area (Å²) in [5, 5.41) is 30.1. The van der Waals surface area contributed by atoms with E-state index < -0.39 is 30.3 Å². The van der Waals surface area contributed by atoms with Crippen LogP contribution >= 0.6 is 0 Å². The number of ether oxygens (including phenoxy) is 1. The molecule has 0 aromatic heterocycles. The molecule has 29 heavy (non-hydrogen) atoms. The Morgan fingerprint density at radius 2 is 1.72 bits per heavy atom. The van der Waals surface area contributed by atoms with Crippen LogP contribution < -0.4 is 11.5 Å². The molecule has 0 saturated carbocycles. The summed E-state index contributed by atoms with van der Waals surface area (Å²) in [5.74, 6) is -1.22. The van der Waals surface area contributed by atoms with Gasteiger partial charge in [0, 0.05) is 46.1 Å². The Bertz CT molecular complexity index is 548. The fraction of sp³-hybridized carbons (Fsp3) is 0.833. The van der Waals surface area contributed by atoms with Gasteiger partial charge in [-0.2, -0.15) is 0 Å². The number of nitrogens with zero attached hydrogens (tertiary/aromatic N) is 2. The van der Waals surface area contributed by atoms with Gasteiger partial charge in [-0.3, -0.25) is 14.4 Å². The third-order valence-corrected chi connectivity index (χ3v) is 4.92. The Kier molecular flexibility index (Phi) is 11.1. The highest BCUT2D eigenvalue weighted by Gasteiger charge is 2.28. The number of carbonyl (C=O) groups is 3. The van der Waals surface area contributed by atoms with Crippen LogP contribution in [0.15, 0.2) is 0 Å². The van der Waals surface area contributed by atoms with Gasteiger partial charge < -0.3 is 41.3 Å². The number of rotatable bonds is 4. The van der Waals surface area contributed by atoms with Crippen molar-refractivity contribution in [3.63, 3.8) is 0 Å². The van der Waals surface area contributed by atoms with E-state index >= 15 is 0 Å². The first-order valence-corrected chi connectivity index (χ1v) is 9.83. The number of hydrogen-bond donors (Lipinski definition) is 5. The number of carbonyl (C=O) groups excluding carboxylic acids is 3. The van der Waals surface area contributed by atoms with E-state index in [1.54, 1.807) is 4.90 Å². The van der Waals surface area contributed by atoms with Gasteiger partial charge in [0.1, 0.15) is 18.3 Å². The number of hydrogen-bond acceptors (Lipinski definition) is 8. The predicted octanol–water partition coefficient (Wildman–Crippen LogP) is -2.85. The van der Waals surface area contributed by atoms with Crippen LogP contribution in [0.2, 0.25) is 0 Å². The van der Waals surface area contributed by atoms with Gasteiger partial charge in [0.15, 0.2) is 0 Å². The Morgan fingerprint density at radius 1 is 1.07 bits per heavy atom. The number of primary amides is 1. The number of nitrogens with two attached hydrogens (primary N) is 2. The second-order valence-electron chi connectivity index (χ2n) is 7.30. The Balaban J connectivity index is 2.81. The van der Waals surface area contributed by atoms with Crippen molar-refractivity contribution in [2.45, 2.75) is 57.0 Å². The summed E-state index contributed by atoms with van der Waals surface area (Å²) < 4.78 is 5.31. The van der Waals surface area contributed by atoms with Crippen molar-refractivity contribution < 1.29 is 34.4 Å². The van der Waals surface area contributed by atoms with Gasteiger partial charge in [-0.25, -0.2) is 0 Å². The molecule has 0 aromatic rings. The summed E-state index contributed by atoms with van der Waals surface area (Å²) in [5.41, 5.74) is 10.7. The minimum atomic E-state index is -1.46. The number of β-amino-alcohol motifs (C(OH)–C–C–N with tert-alkyl or cyclic N) is 1. The zero-order valence-electron chi connectivity index (χ0n) is 16.9. The number of amides is 3. The van der Waals surface area contributed by atoms with E-state index in [9.17, 15) is 29.7 Å². The minimum absolute atomic E-state index is 0.0498. The Morgan fingerprint density at radius 3 is 2.34 bits per heavy atom. The lowest BCUT2D eigenvalue weighted by Crippen LogP contribution is -2.49. The van der Waals surface area contributed by atoms with Crippen molar-refractivity contribution in [3.8, 4) is 0 Å². The van der Waals surface area contributed by atoms with Crippen molar-refractivity contribution in [1.29, 1.82) is 0 Å². The van der Waals surface area contributed by atoms with Gasteiger partial charge in [-0.05, 0) is 19.3 Å². The topological polar surface area (TPSA) is 180 Å². The molecular weight excluding hydrogens is 384 g/mol. The highest BCUT2D eigenvalue weighted by molar-refractivity contribution is 5.81. The normalized spacial score (nSPS) is 26.4. The van der Waals surface area contributed by atoms with Crippen LogP contribution in [0.1, 0.15) is 32.6 Å². The molecule has 1 rings (SSSR count). The van der Waals surface area contributed by atoms with Gasteiger partial charge >= 0.3 is 0 Å². The summed E-state index contributed by atoms with van der Waals surface area (Å²) in [4.78, 5) is 38.4. The SMILES string of the molecule is CC(=O)N1CCN(C(=O)CC[C@H](N)C(N)=O)CCCCOC[C@@H](O)[C@H](O)[C@@H](O)C1. The zero-order valence-corrected chi connectivity index (χ0v) is 16.9. The average Bonchev–Trinajstić information content (AvgIpc) is 2.67. The molecule has 1 fully saturated rings. The van der Waals surface area contributed by atoms with E-state index in [-0.39, 0.29) is 50.9 Å². The second kappa shape index (κ2) is 12.7. The first kappa shape index (κ1) is 25.2. The van der Waals surface area contributed by atoms with E-state index in [1.165, 1.54) is 11.8 Å². The van der Waals surface area contributed by atoms with Gasteiger partial charge in [-0.15, -0.1) is 0 Å². The molecule has 11 nitrogen and oxygen atoms in total. The van der Waals surface area contributed by atoms with E-state index in [0.717, 1.165) is 0 Å². The average molecular weight is 418 g/mol. The molecule has 3 amide bonds. The maximum absolute atomic E-state index is 12.6. The predicted molar refractivity (Wildman–Crippen MR) is 103 cm³/mol. The molecule has 0 aromatic carbocycles. The van der Waals surface area contributed by atoms with Crippen molar-refractivity contribution in [1.82, 2.24) is 9.80 Å². The molecule has 0 unspecified atom stereocenters. The fourth-order valence-corrected chi connectivity index (χ4v) is 2.96. The van der Waals surface area contributed by atoms with Crippen molar-refractivity contribution in [3.05, 3.63) is 0 Å². The van der Waals surface area contributed by atoms with E-state index in [1.807, 2.05) is 0 Å². The molecule has 1 aliphatic heterocycles. The van der Waals surface area contributed by atoms with Crippen molar-refractivity contribution in [2.75, 3.05) is 39.4 Å². The second-order valence-corrected chi connectivity index (χ2v) is 7.30. The van der Waals surface area contributed by atoms with Crippen molar-refractivity contribution in [2.24, 2.45) is 11.5 Å². The number of aliphatic hydroxyl groups is 3. The summed E-state index contributed by atoms with van der Waals surface area (Å²) in [6.45, 7) is 2.10. The van der Waals surface area contributed by atoms with Crippen LogP contribution in [0.3, 0.4) is 0 Å². The van der Waals surface area contributed by atoms with Crippen molar-refractivity contribution >= 4 is 17.7 Å². The fourth-order valence-electron chi connectivity index (χ4n) is 2.96. The lowest BCUT2D eigenvalue weighted by Gasteiger charge is -2.31. The van der Waals surface area contributed by atoms with Gasteiger partial charge in [-0.1, -0.05) is 0 Å². The Hall–Kier alpha value is -1.79. The third kappa shape index (κ3) is 9.05. The first-order chi connectivity index (χ1) is 13.6. The molecule has 0 spiro atoms. The molecule has 0 radical (unpaired) electrons. The summed E-state index contributed by atoms with van der Waals surface area (Å²) in [6, 6.07) is -0.899. The highest BCUT2D eigenvalue weighted by atomic mass is 16.5. The van der Waals surface area contributed by atoms with E-state index in [4.69, 9.17) is 16.2 Å². The highest BCUT2D eigenvalue weighted by Crippen LogP contribution is 2.09. The maximum atomic E-state index is 12.6. The molecule has 4 atom stereocenters. The maximum Gasteiger partial charge on any atom is 0.234 e. The lowest BCUT2D eigenvalue weighted by atomic mass is 10.1. The van der Waals surface area contributed by atoms with Crippen LogP contribution in [0.25, 0.3) is 0 Å². The van der Waals surface area contributed by atoms with Crippen LogP contribution in [0.5, 0.6) is 0 Å². The van der Waals surface area contributed by atoms with Crippen LogP contribution in [0.4, 0.5) is 0 Å². The molecule has 7 N–H and O–H groups in total. The summed E-state index contributed by atoms with van der Waals surface area (Å²) >= 11 is 0. The van der Waals surface area contributed by atoms with Gasteiger partial charge in [0.05, 0.1) is 12.6 Å². The molecular formula is C18H34N4O7. The van der Waals surface area contributed by atoms with Crippen LogP contribution in [-0.4, -0.2) is 107 Å². The molecule has 1 saturated heterocycles. The van der Waals surface area contributed by atoms with Crippen LogP contribution in [0, 0.1) is 0 Å². The standard InChI is InChI=1S/C18H34N4O7/c1-12(23)22-8-7-21(16(26)5-4-13(19)18(20)28)6-2-3-9-29-11-15(25)17(27)14(24)10-22/h13-15,17,24-25,27H,2-11,19H2,1H3,(H2,20,28)/t13-,14-,15+,17+/m0/s1. The van der Waals surface area contributed by atoms with Crippen LogP contribution in [-0.2, 0) is 19.1 Å². The summed E-state index contributed by atoms with van der Waals surface area (Å²) in [6.07, 6.45) is -2.66. The minimum Gasteiger partial charge on any atom is -0.388 e. The van der Waals surface area contributed by atoms with Gasteiger partial charge in [0.2, 0.25) is 17.7 Å². The molecule has 0 aliphatic carbocycles. The quantitative estimate of drug-likeness (QED) is 0.323. The smallest absolute Gasteiger partial charge is 0.234 e. The number of aliphatic hydroxyl groups excluding tert-OH is 3. The molecule has 168 valence electrons. The zero-order chi connectivity index (χ0) is 22.0. The van der Waals surface area contributed by atoms with E-state index in [2.05, 4.69) is 0 Å². The molecule has 1 heterocycles. The monoisotopic (exact) mass is 418 g/mol. The Labute approximate surface area is 170 Å². The first-order valence-electron chi connectivity index (χ1n) is 9.83. The largest absolute Gasteiger partial charge is 0.388 e.